The van der Waals surface area contributed by atoms with Crippen molar-refractivity contribution in [3.8, 4) is 11.1 Å². The average molecular weight is 432 g/mol. The third kappa shape index (κ3) is 4.37. The van der Waals surface area contributed by atoms with E-state index in [1.807, 2.05) is 6.20 Å². The first-order valence-corrected chi connectivity index (χ1v) is 9.67. The van der Waals surface area contributed by atoms with Gasteiger partial charge in [0.15, 0.2) is 5.65 Å². The van der Waals surface area contributed by atoms with Gasteiger partial charge in [-0.15, -0.1) is 0 Å². The molecule has 10 heteroatoms. The highest BCUT2D eigenvalue weighted by atomic mass is 19.3. The highest BCUT2D eigenvalue weighted by molar-refractivity contribution is 5.76. The van der Waals surface area contributed by atoms with Crippen LogP contribution in [0.2, 0.25) is 0 Å². The summed E-state index contributed by atoms with van der Waals surface area (Å²) in [4.78, 5) is 4.58. The lowest BCUT2D eigenvalue weighted by Crippen LogP contribution is -2.13. The predicted octanol–water partition coefficient (Wildman–Crippen LogP) is 4.78. The van der Waals surface area contributed by atoms with Crippen LogP contribution in [0, 0.1) is 11.6 Å². The third-order valence-corrected chi connectivity index (χ3v) is 5.02. The summed E-state index contributed by atoms with van der Waals surface area (Å²) in [5, 5.41) is 11.6. The molecule has 162 valence electrons. The molecule has 1 atom stereocenters. The summed E-state index contributed by atoms with van der Waals surface area (Å²) in [6.45, 7) is 1.70. The van der Waals surface area contributed by atoms with Gasteiger partial charge in [-0.2, -0.15) is 10.2 Å². The number of alkyl halides is 2. The second kappa shape index (κ2) is 8.37. The van der Waals surface area contributed by atoms with Crippen LogP contribution in [0.4, 0.5) is 23.4 Å². The van der Waals surface area contributed by atoms with Crippen LogP contribution < -0.4 is 5.32 Å². The molecule has 0 bridgehead atoms. The number of rotatable bonds is 7. The molecule has 0 fully saturated rings. The minimum absolute atomic E-state index is 0.0724. The Hall–Kier alpha value is -3.43. The molecular formula is C21H20F4N6. The Kier molecular flexibility index (Phi) is 5.62. The molecule has 0 saturated heterocycles. The molecule has 4 rings (SSSR count). The smallest absolute Gasteiger partial charge is 0.239 e. The number of halogens is 4. The van der Waals surface area contributed by atoms with Crippen LogP contribution in [0.15, 0.2) is 43.0 Å². The van der Waals surface area contributed by atoms with Crippen molar-refractivity contribution >= 4 is 11.5 Å². The molecular weight excluding hydrogens is 412 g/mol. The Labute approximate surface area is 175 Å². The summed E-state index contributed by atoms with van der Waals surface area (Å²) < 4.78 is 56.8. The lowest BCUT2D eigenvalue weighted by atomic mass is 9.97. The second-order valence-corrected chi connectivity index (χ2v) is 7.29. The SMILES string of the molecule is CC(Nc1ccn2ncc(-c3cnn(C)c3)c2n1)c1cc(F)cc(F)c1CCC(F)F. The van der Waals surface area contributed by atoms with Crippen molar-refractivity contribution in [1.29, 1.82) is 0 Å². The summed E-state index contributed by atoms with van der Waals surface area (Å²) in [5.74, 6) is -1.14. The predicted molar refractivity (Wildman–Crippen MR) is 108 cm³/mol. The van der Waals surface area contributed by atoms with Crippen LogP contribution in [-0.4, -0.2) is 30.8 Å². The molecule has 0 radical (unpaired) electrons. The van der Waals surface area contributed by atoms with Gasteiger partial charge in [-0.05, 0) is 36.6 Å². The fourth-order valence-electron chi connectivity index (χ4n) is 3.54. The van der Waals surface area contributed by atoms with Gasteiger partial charge in [0.05, 0.1) is 18.4 Å². The number of hydrogen-bond acceptors (Lipinski definition) is 4. The fourth-order valence-corrected chi connectivity index (χ4v) is 3.54. The largest absolute Gasteiger partial charge is 0.363 e. The van der Waals surface area contributed by atoms with E-state index in [4.69, 9.17) is 0 Å². The fraction of sp³-hybridized carbons (Fsp3) is 0.286. The summed E-state index contributed by atoms with van der Waals surface area (Å²) in [7, 11) is 1.81. The lowest BCUT2D eigenvalue weighted by Gasteiger charge is -2.19. The number of nitrogens with zero attached hydrogens (tertiary/aromatic N) is 5. The standard InChI is InChI=1S/C21H20F4N6/c1-12(16-7-14(22)8-18(23)15(16)3-4-19(24)25)28-20-5-6-31-21(29-20)17(10-27-31)13-9-26-30(2)11-13/h5-12,19H,3-4H2,1-2H3,(H,28,29). The molecule has 1 aromatic carbocycles. The Balaban J connectivity index is 1.65. The average Bonchev–Trinajstić information content (AvgIpc) is 3.32. The Morgan fingerprint density at radius 1 is 1.13 bits per heavy atom. The number of fused-ring (bicyclic) bond motifs is 1. The maximum Gasteiger partial charge on any atom is 0.239 e. The molecule has 0 amide bonds. The van der Waals surface area contributed by atoms with E-state index in [1.54, 1.807) is 47.8 Å². The third-order valence-electron chi connectivity index (χ3n) is 5.02. The molecule has 4 aromatic rings. The minimum atomic E-state index is -2.57. The lowest BCUT2D eigenvalue weighted by molar-refractivity contribution is 0.137. The van der Waals surface area contributed by atoms with Crippen LogP contribution in [0.1, 0.15) is 30.5 Å². The van der Waals surface area contributed by atoms with Gasteiger partial charge < -0.3 is 5.32 Å². The molecule has 0 aliphatic heterocycles. The van der Waals surface area contributed by atoms with E-state index >= 15 is 0 Å². The van der Waals surface area contributed by atoms with E-state index < -0.39 is 30.5 Å². The van der Waals surface area contributed by atoms with E-state index in [9.17, 15) is 17.6 Å². The molecule has 31 heavy (non-hydrogen) atoms. The van der Waals surface area contributed by atoms with Crippen LogP contribution in [-0.2, 0) is 13.5 Å². The minimum Gasteiger partial charge on any atom is -0.363 e. The number of nitrogens with one attached hydrogen (secondary N) is 1. The normalized spacial score (nSPS) is 12.6. The number of anilines is 1. The zero-order chi connectivity index (χ0) is 22.1. The first-order valence-electron chi connectivity index (χ1n) is 9.67. The number of aromatic nitrogens is 5. The Morgan fingerprint density at radius 3 is 2.65 bits per heavy atom. The molecule has 3 aromatic heterocycles. The zero-order valence-corrected chi connectivity index (χ0v) is 16.9. The van der Waals surface area contributed by atoms with Crippen molar-refractivity contribution in [2.24, 2.45) is 7.05 Å². The van der Waals surface area contributed by atoms with Gasteiger partial charge in [0.1, 0.15) is 17.5 Å². The molecule has 3 heterocycles. The molecule has 0 spiro atoms. The van der Waals surface area contributed by atoms with Crippen LogP contribution in [0.25, 0.3) is 16.8 Å². The Morgan fingerprint density at radius 2 is 1.94 bits per heavy atom. The van der Waals surface area contributed by atoms with Crippen molar-refractivity contribution in [2.45, 2.75) is 32.2 Å². The van der Waals surface area contributed by atoms with Gasteiger partial charge >= 0.3 is 0 Å². The van der Waals surface area contributed by atoms with Crippen molar-refractivity contribution in [3.05, 3.63) is 65.7 Å². The molecule has 0 aliphatic rings. The maximum absolute atomic E-state index is 14.3. The summed E-state index contributed by atoms with van der Waals surface area (Å²) >= 11 is 0. The van der Waals surface area contributed by atoms with Gasteiger partial charge in [-0.3, -0.25) is 4.68 Å². The number of benzene rings is 1. The summed E-state index contributed by atoms with van der Waals surface area (Å²) in [6.07, 6.45) is 3.66. The monoisotopic (exact) mass is 432 g/mol. The number of hydrogen-bond donors (Lipinski definition) is 1. The van der Waals surface area contributed by atoms with Gasteiger partial charge in [-0.25, -0.2) is 27.1 Å². The van der Waals surface area contributed by atoms with Crippen molar-refractivity contribution in [2.75, 3.05) is 5.32 Å². The van der Waals surface area contributed by atoms with E-state index in [1.165, 1.54) is 6.07 Å². The van der Waals surface area contributed by atoms with Gasteiger partial charge in [0, 0.05) is 43.1 Å². The molecule has 0 aliphatic carbocycles. The zero-order valence-electron chi connectivity index (χ0n) is 16.9. The Bertz CT molecular complexity index is 1220. The second-order valence-electron chi connectivity index (χ2n) is 7.29. The highest BCUT2D eigenvalue weighted by Gasteiger charge is 2.19. The van der Waals surface area contributed by atoms with Gasteiger partial charge in [0.25, 0.3) is 0 Å². The van der Waals surface area contributed by atoms with E-state index in [0.29, 0.717) is 17.5 Å². The molecule has 1 unspecified atom stereocenters. The van der Waals surface area contributed by atoms with Crippen LogP contribution >= 0.6 is 0 Å². The van der Waals surface area contributed by atoms with Crippen molar-refractivity contribution < 1.29 is 17.6 Å². The maximum atomic E-state index is 14.3. The van der Waals surface area contributed by atoms with E-state index in [0.717, 1.165) is 11.1 Å². The summed E-state index contributed by atoms with van der Waals surface area (Å²) in [5.41, 5.74) is 2.55. The van der Waals surface area contributed by atoms with E-state index in [2.05, 4.69) is 20.5 Å². The number of aryl methyl sites for hydroxylation is 1. The molecule has 1 N–H and O–H groups in total. The van der Waals surface area contributed by atoms with Crippen molar-refractivity contribution in [3.63, 3.8) is 0 Å². The quantitative estimate of drug-likeness (QED) is 0.427. The van der Waals surface area contributed by atoms with Crippen LogP contribution in [0.5, 0.6) is 0 Å². The molecule has 0 saturated carbocycles. The van der Waals surface area contributed by atoms with Crippen molar-refractivity contribution in [1.82, 2.24) is 24.4 Å². The van der Waals surface area contributed by atoms with Gasteiger partial charge in [-0.1, -0.05) is 0 Å². The van der Waals surface area contributed by atoms with Gasteiger partial charge in [0.2, 0.25) is 6.43 Å². The molecule has 6 nitrogen and oxygen atoms in total. The first kappa shape index (κ1) is 20.8. The topological polar surface area (TPSA) is 60.0 Å². The highest BCUT2D eigenvalue weighted by Crippen LogP contribution is 2.28. The van der Waals surface area contributed by atoms with E-state index in [-0.39, 0.29) is 17.5 Å². The van der Waals surface area contributed by atoms with Crippen LogP contribution in [0.3, 0.4) is 0 Å². The summed E-state index contributed by atoms with van der Waals surface area (Å²) in [6, 6.07) is 2.99. The first-order chi connectivity index (χ1) is 14.8.